The van der Waals surface area contributed by atoms with Crippen LogP contribution in [-0.4, -0.2) is 61.7 Å². The van der Waals surface area contributed by atoms with Crippen LogP contribution in [0.1, 0.15) is 0 Å². The van der Waals surface area contributed by atoms with Crippen molar-refractivity contribution in [1.29, 1.82) is 0 Å². The normalized spacial score (nSPS) is 11.4. The van der Waals surface area contributed by atoms with Crippen LogP contribution >= 0.6 is 0 Å². The van der Waals surface area contributed by atoms with Crippen molar-refractivity contribution in [1.82, 2.24) is 0 Å². The van der Waals surface area contributed by atoms with Crippen LogP contribution in [0.4, 0.5) is 45.5 Å². The molecule has 0 saturated carbocycles. The molecular weight excluding hydrogens is 1110 g/mol. The Morgan fingerprint density at radius 3 is 0.971 bits per heavy atom. The minimum atomic E-state index is -5.49. The fourth-order valence-electron chi connectivity index (χ4n) is 5.50. The molecule has 6 rings (SSSR count). The van der Waals surface area contributed by atoms with Crippen molar-refractivity contribution < 1.29 is 247 Å². The molecule has 38 heteroatoms. The molecule has 0 spiro atoms. The second-order valence-electron chi connectivity index (χ2n) is 12.3. The molecule has 0 fully saturated rings. The average molecular weight is 1130 g/mol. The van der Waals surface area contributed by atoms with Gasteiger partial charge in [-0.25, -0.2) is 33.7 Å². The van der Waals surface area contributed by atoms with Gasteiger partial charge >= 0.3 is 165 Å². The molecule has 6 aromatic rings. The van der Waals surface area contributed by atoms with E-state index in [0.717, 1.165) is 48.5 Å². The van der Waals surface area contributed by atoms with Gasteiger partial charge in [-0.2, -0.15) is 10.2 Å². The third-order valence-electron chi connectivity index (χ3n) is 8.28. The van der Waals surface area contributed by atoms with Crippen LogP contribution in [0.5, 0.6) is 23.0 Å². The summed E-state index contributed by atoms with van der Waals surface area (Å²) in [5, 5.41) is 81.7. The van der Waals surface area contributed by atoms with Crippen LogP contribution in [0.25, 0.3) is 21.5 Å². The number of nitro groups is 2. The zero-order valence-electron chi connectivity index (χ0n) is 36.0. The number of hydrogen-bond acceptors (Lipinski definition) is 26. The van der Waals surface area contributed by atoms with Crippen LogP contribution in [0.3, 0.4) is 0 Å². The minimum Gasteiger partial charge on any atom is -0.871 e. The first-order valence-electron chi connectivity index (χ1n) is 16.1. The number of rotatable bonds is 10. The molecule has 0 bridgehead atoms. The van der Waals surface area contributed by atoms with Gasteiger partial charge in [-0.05, 0) is 36.4 Å². The molecule has 28 nitrogen and oxygen atoms in total. The standard InChI is InChI=1S/2C16H12N4O10S2.Cr.5Na/c2*17-9-2-4-12(31(25,26)27)8-6-13(32(28,29)30)15(16(22)14(8)9)19-18-10-5-7(20(23)24)1-3-11(10)21;;;;;;/h2*1-6,21-22H,17H2,(H,25,26,27)(H,28,29,30);;;;;;/q;;+3;5*+1/p-8. The van der Waals surface area contributed by atoms with Crippen LogP contribution in [0.2, 0.25) is 0 Å². The van der Waals surface area contributed by atoms with Gasteiger partial charge in [-0.15, -0.1) is 10.2 Å². The van der Waals surface area contributed by atoms with Crippen molar-refractivity contribution in [2.24, 2.45) is 20.5 Å². The predicted molar refractivity (Wildman–Crippen MR) is 201 cm³/mol. The van der Waals surface area contributed by atoms with Crippen molar-refractivity contribution in [3.63, 3.8) is 0 Å². The van der Waals surface area contributed by atoms with E-state index >= 15 is 0 Å². The summed E-state index contributed by atoms with van der Waals surface area (Å²) in [6.45, 7) is 0. The first-order chi connectivity index (χ1) is 29.4. The van der Waals surface area contributed by atoms with E-state index in [2.05, 4.69) is 20.5 Å². The summed E-state index contributed by atoms with van der Waals surface area (Å²) in [7, 11) is -21.4. The summed E-state index contributed by atoms with van der Waals surface area (Å²) in [5.41, 5.74) is 5.87. The number of hydrogen-bond donors (Lipinski definition) is 2. The minimum absolute atomic E-state index is 0. The number of anilines is 2. The maximum Gasteiger partial charge on any atom is 3.00 e. The number of benzene rings is 6. The van der Waals surface area contributed by atoms with Crippen molar-refractivity contribution >= 4 is 108 Å². The summed E-state index contributed by atoms with van der Waals surface area (Å²) in [6, 6.07) is 8.81. The van der Waals surface area contributed by atoms with Crippen LogP contribution < -0.4 is 180 Å². The average Bonchev–Trinajstić information content (AvgIpc) is 3.16. The fourth-order valence-corrected chi connectivity index (χ4v) is 8.09. The number of azo groups is 2. The number of non-ortho nitro benzene ring substituents is 2. The summed E-state index contributed by atoms with van der Waals surface area (Å²) in [4.78, 5) is 15.3. The van der Waals surface area contributed by atoms with E-state index in [0.29, 0.717) is 24.3 Å². The molecule has 0 aromatic heterocycles. The van der Waals surface area contributed by atoms with E-state index in [1.807, 2.05) is 0 Å². The maximum absolute atomic E-state index is 12.9. The Morgan fingerprint density at radius 1 is 0.429 bits per heavy atom. The second-order valence-corrected chi connectivity index (χ2v) is 17.7. The van der Waals surface area contributed by atoms with E-state index in [1.165, 1.54) is 0 Å². The topological polar surface area (TPSA) is 509 Å². The first-order valence-corrected chi connectivity index (χ1v) is 21.8. The van der Waals surface area contributed by atoms with Gasteiger partial charge in [0.25, 0.3) is 11.4 Å². The Kier molecular flexibility index (Phi) is 26.8. The number of nitro benzene ring substituents is 2. The summed E-state index contributed by atoms with van der Waals surface area (Å²) in [6.07, 6.45) is 0. The first kappa shape index (κ1) is 69.9. The molecule has 0 saturated heterocycles. The van der Waals surface area contributed by atoms with E-state index in [-0.39, 0.29) is 177 Å². The van der Waals surface area contributed by atoms with Gasteiger partial charge in [-0.3, -0.25) is 20.2 Å². The number of nitrogens with two attached hydrogens (primary N) is 2. The third kappa shape index (κ3) is 15.9. The van der Waals surface area contributed by atoms with Gasteiger partial charge in [0.05, 0.1) is 52.2 Å². The molecule has 1 radical (unpaired) electrons. The monoisotopic (exact) mass is 1130 g/mol. The van der Waals surface area contributed by atoms with Gasteiger partial charge in [0.15, 0.2) is 0 Å². The molecule has 6 aromatic carbocycles. The zero-order valence-corrected chi connectivity index (χ0v) is 50.5. The molecule has 0 aliphatic carbocycles. The quantitative estimate of drug-likeness (QED) is 0.0321. The summed E-state index contributed by atoms with van der Waals surface area (Å²) < 4.78 is 139. The Labute approximate surface area is 514 Å². The molecule has 0 heterocycles. The van der Waals surface area contributed by atoms with Crippen molar-refractivity contribution in [3.8, 4) is 23.0 Å². The van der Waals surface area contributed by atoms with Crippen LogP contribution in [0, 0.1) is 20.2 Å². The SMILES string of the molecule is Nc1ccc(S(=O)(=O)[O-])c2cc(S(=O)(=O)[O-])c(N=Nc3cc([N+](=O)[O-])ccc3[O-])c([O-])c12.Nc1ccc(S(=O)(=O)[O-])c2cc(S(=O)(=O)[O-])c(N=Nc3cc([N+](=O)[O-])ccc3[O-])c([O-])c12.[Cr+3].[Na+].[Na+].[Na+].[Na+].[Na+]. The second kappa shape index (κ2) is 26.9. The van der Waals surface area contributed by atoms with E-state index in [9.17, 15) is 92.5 Å². The van der Waals surface area contributed by atoms with Gasteiger partial charge in [0.1, 0.15) is 40.5 Å². The Hall–Kier alpha value is -2.19. The van der Waals surface area contributed by atoms with Gasteiger partial charge in [0.2, 0.25) is 0 Å². The predicted octanol–water partition coefficient (Wildman–Crippen LogP) is -13.6. The Morgan fingerprint density at radius 2 is 0.714 bits per heavy atom. The van der Waals surface area contributed by atoms with E-state index < -0.39 is 149 Å². The number of nitrogen functional groups attached to an aromatic ring is 2. The molecule has 4 N–H and O–H groups in total. The van der Waals surface area contributed by atoms with Crippen LogP contribution in [0.15, 0.2) is 113 Å². The summed E-state index contributed by atoms with van der Waals surface area (Å²) in [5.74, 6) is -4.50. The smallest absolute Gasteiger partial charge is 0.871 e. The molecule has 0 aliphatic rings. The van der Waals surface area contributed by atoms with Crippen molar-refractivity contribution in [2.45, 2.75) is 19.6 Å². The van der Waals surface area contributed by atoms with Crippen molar-refractivity contribution in [2.75, 3.05) is 11.5 Å². The molecule has 0 aliphatic heterocycles. The fraction of sp³-hybridized carbons (Fsp3) is 0. The largest absolute Gasteiger partial charge is 3.00 e. The van der Waals surface area contributed by atoms with Gasteiger partial charge < -0.3 is 50.1 Å². The van der Waals surface area contributed by atoms with Gasteiger partial charge in [0, 0.05) is 57.2 Å². The zero-order chi connectivity index (χ0) is 48.0. The molecule has 70 heavy (non-hydrogen) atoms. The van der Waals surface area contributed by atoms with E-state index in [1.54, 1.807) is 0 Å². The molecular formula is C32H16CrN8Na5O20S4. The molecule has 0 amide bonds. The Balaban J connectivity index is 0. The third-order valence-corrected chi connectivity index (χ3v) is 11.8. The number of fused-ring (bicyclic) bond motifs is 2. The molecule has 0 unspecified atom stereocenters. The summed E-state index contributed by atoms with van der Waals surface area (Å²) >= 11 is 0. The van der Waals surface area contributed by atoms with Crippen LogP contribution in [-0.2, 0) is 57.8 Å². The Bertz CT molecular complexity index is 3330. The molecule has 0 atom stereocenters. The maximum atomic E-state index is 12.9. The van der Waals surface area contributed by atoms with Crippen molar-refractivity contribution in [3.05, 3.63) is 93.0 Å². The number of nitrogens with zero attached hydrogens (tertiary/aromatic N) is 6. The van der Waals surface area contributed by atoms with E-state index in [4.69, 9.17) is 11.5 Å². The molecule has 339 valence electrons. The van der Waals surface area contributed by atoms with Gasteiger partial charge in [-0.1, -0.05) is 35.1 Å².